The summed E-state index contributed by atoms with van der Waals surface area (Å²) < 4.78 is 11.0. The minimum atomic E-state index is 0.511. The summed E-state index contributed by atoms with van der Waals surface area (Å²) >= 11 is 0. The minimum absolute atomic E-state index is 0.511. The van der Waals surface area contributed by atoms with Crippen LogP contribution in [0.1, 0.15) is 47.5 Å². The van der Waals surface area contributed by atoms with E-state index in [9.17, 15) is 0 Å². The third-order valence-electron chi connectivity index (χ3n) is 3.76. The summed E-state index contributed by atoms with van der Waals surface area (Å²) in [6, 6.07) is 1.15. The molecule has 0 aromatic rings. The monoisotopic (exact) mass is 288 g/mol. The Kier molecular flexibility index (Phi) is 13.7. The fourth-order valence-electron chi connectivity index (χ4n) is 2.25. The van der Waals surface area contributed by atoms with E-state index in [0.29, 0.717) is 12.1 Å². The van der Waals surface area contributed by atoms with Crippen molar-refractivity contribution >= 4 is 0 Å². The predicted molar refractivity (Wildman–Crippen MR) is 86.4 cm³/mol. The maximum absolute atomic E-state index is 5.49. The van der Waals surface area contributed by atoms with Gasteiger partial charge in [-0.05, 0) is 33.6 Å². The Morgan fingerprint density at radius 1 is 0.900 bits per heavy atom. The molecular formula is C16H36N2O2. The molecule has 0 aromatic heterocycles. The summed E-state index contributed by atoms with van der Waals surface area (Å²) in [5, 5.41) is 3.66. The van der Waals surface area contributed by atoms with Crippen molar-refractivity contribution < 1.29 is 9.47 Å². The molecule has 4 heteroatoms. The molecule has 4 nitrogen and oxygen atoms in total. The van der Waals surface area contributed by atoms with Crippen molar-refractivity contribution in [2.75, 3.05) is 46.1 Å². The van der Waals surface area contributed by atoms with Crippen LogP contribution < -0.4 is 5.32 Å². The lowest BCUT2D eigenvalue weighted by Crippen LogP contribution is -2.45. The largest absolute Gasteiger partial charge is 0.380 e. The zero-order valence-electron chi connectivity index (χ0n) is 14.3. The maximum atomic E-state index is 5.49. The second kappa shape index (κ2) is 13.8. The van der Waals surface area contributed by atoms with Gasteiger partial charge in [0.15, 0.2) is 0 Å². The molecule has 1 N–H and O–H groups in total. The van der Waals surface area contributed by atoms with Crippen LogP contribution in [0.4, 0.5) is 0 Å². The smallest absolute Gasteiger partial charge is 0.0593 e. The molecule has 0 aliphatic rings. The van der Waals surface area contributed by atoms with Crippen molar-refractivity contribution in [1.29, 1.82) is 0 Å². The Bertz CT molecular complexity index is 189. The van der Waals surface area contributed by atoms with Gasteiger partial charge in [0.2, 0.25) is 0 Å². The van der Waals surface area contributed by atoms with Crippen molar-refractivity contribution in [3.05, 3.63) is 0 Å². The predicted octanol–water partition coefficient (Wildman–Crippen LogP) is 2.53. The average Bonchev–Trinajstić information content (AvgIpc) is 2.46. The lowest BCUT2D eigenvalue weighted by Gasteiger charge is -2.30. The van der Waals surface area contributed by atoms with Gasteiger partial charge in [-0.2, -0.15) is 0 Å². The molecule has 20 heavy (non-hydrogen) atoms. The van der Waals surface area contributed by atoms with Gasteiger partial charge in [0, 0.05) is 44.9 Å². The molecule has 0 radical (unpaired) electrons. The second-order valence-corrected chi connectivity index (χ2v) is 5.20. The normalized spacial score (nSPS) is 13.3. The lowest BCUT2D eigenvalue weighted by atomic mass is 10.1. The molecule has 0 aromatic carbocycles. The van der Waals surface area contributed by atoms with Crippen molar-refractivity contribution in [2.24, 2.45) is 0 Å². The zero-order valence-corrected chi connectivity index (χ0v) is 14.3. The van der Waals surface area contributed by atoms with E-state index in [0.717, 1.165) is 46.1 Å². The first-order chi connectivity index (χ1) is 9.69. The van der Waals surface area contributed by atoms with Crippen molar-refractivity contribution in [2.45, 2.75) is 59.5 Å². The molecule has 0 heterocycles. The van der Waals surface area contributed by atoms with Gasteiger partial charge in [0.05, 0.1) is 13.2 Å². The van der Waals surface area contributed by atoms with Gasteiger partial charge in [0.1, 0.15) is 0 Å². The van der Waals surface area contributed by atoms with Crippen LogP contribution >= 0.6 is 0 Å². The first-order valence-corrected chi connectivity index (χ1v) is 8.32. The highest BCUT2D eigenvalue weighted by Crippen LogP contribution is 2.02. The molecule has 1 unspecified atom stereocenters. The second-order valence-electron chi connectivity index (χ2n) is 5.20. The van der Waals surface area contributed by atoms with Crippen LogP contribution in [0.25, 0.3) is 0 Å². The molecule has 122 valence electrons. The van der Waals surface area contributed by atoms with Crippen LogP contribution in [-0.4, -0.2) is 63.0 Å². The van der Waals surface area contributed by atoms with Crippen LogP contribution in [0.3, 0.4) is 0 Å². The van der Waals surface area contributed by atoms with E-state index in [4.69, 9.17) is 9.47 Å². The molecule has 0 saturated carbocycles. The average molecular weight is 288 g/mol. The first kappa shape index (κ1) is 19.8. The summed E-state index contributed by atoms with van der Waals surface area (Å²) in [6.45, 7) is 17.0. The van der Waals surface area contributed by atoms with Gasteiger partial charge in [-0.3, -0.25) is 4.90 Å². The summed E-state index contributed by atoms with van der Waals surface area (Å²) in [4.78, 5) is 2.46. The summed E-state index contributed by atoms with van der Waals surface area (Å²) in [6.07, 6.45) is 2.39. The van der Waals surface area contributed by atoms with Gasteiger partial charge < -0.3 is 14.8 Å². The van der Waals surface area contributed by atoms with E-state index in [-0.39, 0.29) is 0 Å². The van der Waals surface area contributed by atoms with Crippen LogP contribution in [0, 0.1) is 0 Å². The standard InChI is InChI=1S/C16H36N2O2/c1-6-16(7-2)17-14-15(5)18(10-12-19-8-3)11-13-20-9-4/h15-17H,6-14H2,1-5H3. The highest BCUT2D eigenvalue weighted by Gasteiger charge is 2.14. The van der Waals surface area contributed by atoms with Crippen molar-refractivity contribution in [3.8, 4) is 0 Å². The first-order valence-electron chi connectivity index (χ1n) is 8.32. The van der Waals surface area contributed by atoms with Gasteiger partial charge in [0.25, 0.3) is 0 Å². The highest BCUT2D eigenvalue weighted by molar-refractivity contribution is 4.73. The summed E-state index contributed by atoms with van der Waals surface area (Å²) in [7, 11) is 0. The third-order valence-corrected chi connectivity index (χ3v) is 3.76. The fraction of sp³-hybridized carbons (Fsp3) is 1.00. The molecule has 0 saturated heterocycles. The quantitative estimate of drug-likeness (QED) is 0.498. The molecule has 0 amide bonds. The van der Waals surface area contributed by atoms with E-state index in [1.807, 2.05) is 13.8 Å². The van der Waals surface area contributed by atoms with Crippen LogP contribution in [0.15, 0.2) is 0 Å². The Morgan fingerprint density at radius 2 is 1.40 bits per heavy atom. The molecule has 0 bridgehead atoms. The number of ether oxygens (including phenoxy) is 2. The number of hydrogen-bond acceptors (Lipinski definition) is 4. The SMILES string of the molecule is CCOCCN(CCOCC)C(C)CNC(CC)CC. The Morgan fingerprint density at radius 3 is 1.80 bits per heavy atom. The van der Waals surface area contributed by atoms with E-state index in [2.05, 4.69) is 31.0 Å². The number of nitrogens with one attached hydrogen (secondary N) is 1. The topological polar surface area (TPSA) is 33.7 Å². The Labute approximate surface area is 126 Å². The molecule has 1 atom stereocenters. The molecule has 0 spiro atoms. The van der Waals surface area contributed by atoms with E-state index < -0.39 is 0 Å². The molecule has 0 aliphatic carbocycles. The van der Waals surface area contributed by atoms with Crippen molar-refractivity contribution in [3.63, 3.8) is 0 Å². The van der Waals surface area contributed by atoms with E-state index in [1.54, 1.807) is 0 Å². The minimum Gasteiger partial charge on any atom is -0.380 e. The van der Waals surface area contributed by atoms with Crippen LogP contribution in [0.5, 0.6) is 0 Å². The van der Waals surface area contributed by atoms with Gasteiger partial charge in [-0.25, -0.2) is 0 Å². The molecule has 0 fully saturated rings. The van der Waals surface area contributed by atoms with Crippen LogP contribution in [0.2, 0.25) is 0 Å². The number of hydrogen-bond donors (Lipinski definition) is 1. The van der Waals surface area contributed by atoms with Gasteiger partial charge >= 0.3 is 0 Å². The van der Waals surface area contributed by atoms with Gasteiger partial charge in [-0.1, -0.05) is 13.8 Å². The fourth-order valence-corrected chi connectivity index (χ4v) is 2.25. The molecule has 0 rings (SSSR count). The van der Waals surface area contributed by atoms with Gasteiger partial charge in [-0.15, -0.1) is 0 Å². The van der Waals surface area contributed by atoms with Crippen molar-refractivity contribution in [1.82, 2.24) is 10.2 Å². The lowest BCUT2D eigenvalue weighted by molar-refractivity contribution is 0.0655. The maximum Gasteiger partial charge on any atom is 0.0593 e. The summed E-state index contributed by atoms with van der Waals surface area (Å²) in [5.41, 5.74) is 0. The summed E-state index contributed by atoms with van der Waals surface area (Å²) in [5.74, 6) is 0. The Hall–Kier alpha value is -0.160. The van der Waals surface area contributed by atoms with Crippen LogP contribution in [-0.2, 0) is 9.47 Å². The molecular weight excluding hydrogens is 252 g/mol. The Balaban J connectivity index is 4.11. The molecule has 0 aliphatic heterocycles. The number of nitrogens with zero attached hydrogens (tertiary/aromatic N) is 1. The van der Waals surface area contributed by atoms with E-state index >= 15 is 0 Å². The van der Waals surface area contributed by atoms with E-state index in [1.165, 1.54) is 12.8 Å². The zero-order chi connectivity index (χ0) is 15.2. The highest BCUT2D eigenvalue weighted by atomic mass is 16.5. The number of rotatable bonds is 14. The third kappa shape index (κ3) is 9.70.